The lowest BCUT2D eigenvalue weighted by Crippen LogP contribution is -2.22. The Bertz CT molecular complexity index is 263. The molecule has 0 saturated heterocycles. The zero-order chi connectivity index (χ0) is 9.10. The molecule has 13 heavy (non-hydrogen) atoms. The van der Waals surface area contributed by atoms with Crippen LogP contribution in [0.25, 0.3) is 0 Å². The molecule has 1 fully saturated rings. The van der Waals surface area contributed by atoms with E-state index in [0.717, 1.165) is 0 Å². The van der Waals surface area contributed by atoms with Crippen molar-refractivity contribution >= 4 is 11.9 Å². The first-order valence-electron chi connectivity index (χ1n) is 4.79. The monoisotopic (exact) mass is 181 g/mol. The third kappa shape index (κ3) is 2.11. The van der Waals surface area contributed by atoms with Gasteiger partial charge in [-0.15, -0.1) is 10.2 Å². The lowest BCUT2D eigenvalue weighted by atomic mass is 9.96. The van der Waals surface area contributed by atoms with Crippen LogP contribution < -0.4 is 11.1 Å². The number of nitrogen functional groups attached to an aromatic ring is 1. The number of nitrogens with two attached hydrogens (primary N) is 1. The number of rotatable bonds is 2. The topological polar surface area (TPSA) is 79.6 Å². The van der Waals surface area contributed by atoms with Crippen LogP contribution in [0.4, 0.5) is 11.9 Å². The maximum absolute atomic E-state index is 5.41. The molecule has 0 radical (unpaired) electrons. The van der Waals surface area contributed by atoms with Crippen LogP contribution in [0, 0.1) is 0 Å². The van der Waals surface area contributed by atoms with Gasteiger partial charge >= 0.3 is 0 Å². The zero-order valence-electron chi connectivity index (χ0n) is 7.58. The number of hydrogen-bond acceptors (Lipinski definition) is 4. The van der Waals surface area contributed by atoms with Gasteiger partial charge in [-0.1, -0.05) is 19.3 Å². The zero-order valence-corrected chi connectivity index (χ0v) is 7.58. The van der Waals surface area contributed by atoms with E-state index < -0.39 is 0 Å². The van der Waals surface area contributed by atoms with Crippen molar-refractivity contribution in [3.05, 3.63) is 0 Å². The van der Waals surface area contributed by atoms with Crippen molar-refractivity contribution in [1.82, 2.24) is 15.2 Å². The van der Waals surface area contributed by atoms with Crippen LogP contribution in [0.2, 0.25) is 0 Å². The second kappa shape index (κ2) is 3.64. The summed E-state index contributed by atoms with van der Waals surface area (Å²) in [7, 11) is 0. The van der Waals surface area contributed by atoms with Crippen LogP contribution in [0.1, 0.15) is 32.1 Å². The first-order chi connectivity index (χ1) is 6.34. The van der Waals surface area contributed by atoms with E-state index in [1.807, 2.05) is 0 Å². The summed E-state index contributed by atoms with van der Waals surface area (Å²) >= 11 is 0. The van der Waals surface area contributed by atoms with E-state index in [2.05, 4.69) is 20.5 Å². The molecule has 2 rings (SSSR count). The summed E-state index contributed by atoms with van der Waals surface area (Å²) < 4.78 is 0. The summed E-state index contributed by atoms with van der Waals surface area (Å²) in [6.45, 7) is 0. The molecule has 1 aromatic rings. The third-order valence-electron chi connectivity index (χ3n) is 2.45. The molecule has 5 heteroatoms. The van der Waals surface area contributed by atoms with Crippen LogP contribution >= 0.6 is 0 Å². The molecule has 5 nitrogen and oxygen atoms in total. The molecular weight excluding hydrogens is 166 g/mol. The average Bonchev–Trinajstić information content (AvgIpc) is 2.53. The Morgan fingerprint density at radius 1 is 1.23 bits per heavy atom. The minimum absolute atomic E-state index is 0.373. The van der Waals surface area contributed by atoms with Gasteiger partial charge in [-0.3, -0.25) is 4.98 Å². The molecule has 0 aromatic carbocycles. The summed E-state index contributed by atoms with van der Waals surface area (Å²) in [6, 6.07) is 0.543. The van der Waals surface area contributed by atoms with Crippen molar-refractivity contribution in [2.45, 2.75) is 38.1 Å². The average molecular weight is 181 g/mol. The molecular formula is C8H15N5. The van der Waals surface area contributed by atoms with E-state index in [1.54, 1.807) is 0 Å². The smallest absolute Gasteiger partial charge is 0.223 e. The van der Waals surface area contributed by atoms with E-state index >= 15 is 0 Å². The molecule has 1 heterocycles. The molecule has 1 aliphatic carbocycles. The van der Waals surface area contributed by atoms with E-state index in [1.165, 1.54) is 32.1 Å². The fraction of sp³-hybridized carbons (Fsp3) is 0.750. The van der Waals surface area contributed by atoms with Crippen molar-refractivity contribution in [2.75, 3.05) is 11.1 Å². The Kier molecular flexibility index (Phi) is 2.33. The van der Waals surface area contributed by atoms with Crippen LogP contribution in [-0.4, -0.2) is 21.2 Å². The van der Waals surface area contributed by atoms with E-state index in [4.69, 9.17) is 5.73 Å². The first-order valence-corrected chi connectivity index (χ1v) is 4.79. The van der Waals surface area contributed by atoms with Crippen LogP contribution in [-0.2, 0) is 0 Å². The normalized spacial score (nSPS) is 18.8. The van der Waals surface area contributed by atoms with Gasteiger partial charge in [0.25, 0.3) is 0 Å². The third-order valence-corrected chi connectivity index (χ3v) is 2.45. The van der Waals surface area contributed by atoms with Gasteiger partial charge in [0, 0.05) is 6.04 Å². The molecule has 0 bridgehead atoms. The summed E-state index contributed by atoms with van der Waals surface area (Å²) in [5.74, 6) is 1.07. The van der Waals surface area contributed by atoms with Gasteiger partial charge in [-0.25, -0.2) is 0 Å². The number of anilines is 2. The molecule has 72 valence electrons. The maximum atomic E-state index is 5.41. The van der Waals surface area contributed by atoms with Crippen molar-refractivity contribution in [2.24, 2.45) is 0 Å². The number of H-pyrrole nitrogens is 1. The number of nitrogens with zero attached hydrogens (tertiary/aromatic N) is 2. The van der Waals surface area contributed by atoms with Gasteiger partial charge in [-0.05, 0) is 12.8 Å². The molecule has 0 aliphatic heterocycles. The molecule has 1 saturated carbocycles. The largest absolute Gasteiger partial charge is 0.368 e. The van der Waals surface area contributed by atoms with Gasteiger partial charge < -0.3 is 11.1 Å². The Balaban J connectivity index is 1.89. The van der Waals surface area contributed by atoms with E-state index in [0.29, 0.717) is 17.9 Å². The second-order valence-corrected chi connectivity index (χ2v) is 3.54. The lowest BCUT2D eigenvalue weighted by Gasteiger charge is -2.21. The minimum atomic E-state index is 0.373. The number of aromatic nitrogens is 3. The summed E-state index contributed by atoms with van der Waals surface area (Å²) in [5, 5.41) is 10.9. The van der Waals surface area contributed by atoms with Crippen LogP contribution in [0.3, 0.4) is 0 Å². The Labute approximate surface area is 77.1 Å². The van der Waals surface area contributed by atoms with Gasteiger partial charge in [0.15, 0.2) is 0 Å². The van der Waals surface area contributed by atoms with Crippen molar-refractivity contribution in [3.63, 3.8) is 0 Å². The minimum Gasteiger partial charge on any atom is -0.368 e. The Hall–Kier alpha value is -1.26. The predicted molar refractivity (Wildman–Crippen MR) is 51.3 cm³/mol. The summed E-state index contributed by atoms with van der Waals surface area (Å²) in [4.78, 5) is 2.87. The summed E-state index contributed by atoms with van der Waals surface area (Å²) in [5.41, 5.74) is 5.41. The highest BCUT2D eigenvalue weighted by Gasteiger charge is 2.13. The number of hydrogen-bond donors (Lipinski definition) is 3. The fourth-order valence-electron chi connectivity index (χ4n) is 1.78. The molecule has 0 spiro atoms. The number of nitrogens with one attached hydrogen (secondary N) is 2. The fourth-order valence-corrected chi connectivity index (χ4v) is 1.78. The Morgan fingerprint density at radius 2 is 2.00 bits per heavy atom. The standard InChI is InChI=1S/C8H15N5/c9-7-11-8(13-12-7)10-6-4-2-1-3-5-6/h6H,1-5H2,(H4,9,10,11,12,13). The SMILES string of the molecule is Nc1nnc(NC2CCCCC2)[nH]1. The van der Waals surface area contributed by atoms with E-state index in [9.17, 15) is 0 Å². The Morgan fingerprint density at radius 3 is 2.62 bits per heavy atom. The quantitative estimate of drug-likeness (QED) is 0.639. The highest BCUT2D eigenvalue weighted by Crippen LogP contribution is 2.19. The first kappa shape index (κ1) is 8.34. The second-order valence-electron chi connectivity index (χ2n) is 3.54. The highest BCUT2D eigenvalue weighted by atomic mass is 15.3. The van der Waals surface area contributed by atoms with Crippen molar-refractivity contribution < 1.29 is 0 Å². The molecule has 0 amide bonds. The number of aromatic amines is 1. The van der Waals surface area contributed by atoms with Gasteiger partial charge in [-0.2, -0.15) is 0 Å². The van der Waals surface area contributed by atoms with Crippen LogP contribution in [0.5, 0.6) is 0 Å². The van der Waals surface area contributed by atoms with Crippen molar-refractivity contribution in [1.29, 1.82) is 0 Å². The lowest BCUT2D eigenvalue weighted by molar-refractivity contribution is 0.461. The highest BCUT2D eigenvalue weighted by molar-refractivity contribution is 5.30. The summed E-state index contributed by atoms with van der Waals surface area (Å²) in [6.07, 6.45) is 6.42. The van der Waals surface area contributed by atoms with E-state index in [-0.39, 0.29) is 0 Å². The molecule has 0 unspecified atom stereocenters. The molecule has 1 aromatic heterocycles. The van der Waals surface area contributed by atoms with Crippen molar-refractivity contribution in [3.8, 4) is 0 Å². The molecule has 4 N–H and O–H groups in total. The predicted octanol–water partition coefficient (Wildman–Crippen LogP) is 1.13. The van der Waals surface area contributed by atoms with Crippen LogP contribution in [0.15, 0.2) is 0 Å². The van der Waals surface area contributed by atoms with Gasteiger partial charge in [0.1, 0.15) is 0 Å². The van der Waals surface area contributed by atoms with Gasteiger partial charge in [0.2, 0.25) is 11.9 Å². The molecule has 1 aliphatic rings. The molecule has 0 atom stereocenters. The van der Waals surface area contributed by atoms with Gasteiger partial charge in [0.05, 0.1) is 0 Å². The maximum Gasteiger partial charge on any atom is 0.223 e.